The van der Waals surface area contributed by atoms with Gasteiger partial charge >= 0.3 is 0 Å². The molecular weight excluding hydrogens is 276 g/mol. The lowest BCUT2D eigenvalue weighted by atomic mass is 10.1. The smallest absolute Gasteiger partial charge is 0.0328 e. The van der Waals surface area contributed by atoms with Gasteiger partial charge in [0.2, 0.25) is 0 Å². The van der Waals surface area contributed by atoms with E-state index in [4.69, 9.17) is 5.73 Å². The summed E-state index contributed by atoms with van der Waals surface area (Å²) in [7, 11) is 0. The second kappa shape index (κ2) is 5.40. The van der Waals surface area contributed by atoms with Gasteiger partial charge in [-0.05, 0) is 49.9 Å². The van der Waals surface area contributed by atoms with Gasteiger partial charge in [0.05, 0.1) is 0 Å². The number of benzene rings is 1. The van der Waals surface area contributed by atoms with Gasteiger partial charge in [0.1, 0.15) is 0 Å². The largest absolute Gasteiger partial charge is 0.399 e. The van der Waals surface area contributed by atoms with Gasteiger partial charge in [-0.3, -0.25) is 4.90 Å². The van der Waals surface area contributed by atoms with Crippen LogP contribution in [0.15, 0.2) is 22.7 Å². The van der Waals surface area contributed by atoms with Crippen LogP contribution in [0.25, 0.3) is 0 Å². The average Bonchev–Trinajstić information content (AvgIpc) is 2.59. The molecule has 0 aromatic heterocycles. The van der Waals surface area contributed by atoms with Crippen molar-refractivity contribution in [3.8, 4) is 0 Å². The van der Waals surface area contributed by atoms with Gasteiger partial charge in [0.15, 0.2) is 0 Å². The highest BCUT2D eigenvalue weighted by Crippen LogP contribution is 2.29. The van der Waals surface area contributed by atoms with Crippen LogP contribution in [0.2, 0.25) is 0 Å². The molecule has 0 spiro atoms. The second-order valence-electron chi connectivity index (χ2n) is 5.05. The second-order valence-corrected chi connectivity index (χ2v) is 5.97. The Labute approximate surface area is 112 Å². The highest BCUT2D eigenvalue weighted by atomic mass is 79.9. The summed E-state index contributed by atoms with van der Waals surface area (Å²) in [5.74, 6) is 0. The van der Waals surface area contributed by atoms with E-state index in [0.717, 1.165) is 22.7 Å². The molecule has 1 saturated heterocycles. The summed E-state index contributed by atoms with van der Waals surface area (Å²) in [6.45, 7) is 5.63. The summed E-state index contributed by atoms with van der Waals surface area (Å²) in [6, 6.07) is 7.65. The van der Waals surface area contributed by atoms with Crippen LogP contribution in [-0.4, -0.2) is 17.0 Å². The quantitative estimate of drug-likeness (QED) is 0.860. The van der Waals surface area contributed by atoms with Crippen LogP contribution in [0.3, 0.4) is 0 Å². The van der Waals surface area contributed by atoms with Gasteiger partial charge in [-0.15, -0.1) is 0 Å². The number of nitrogen functional groups attached to an aromatic ring is 1. The van der Waals surface area contributed by atoms with Crippen LogP contribution in [0.1, 0.15) is 38.7 Å². The molecule has 0 amide bonds. The third-order valence-electron chi connectivity index (χ3n) is 3.77. The van der Waals surface area contributed by atoms with Crippen LogP contribution in [0.5, 0.6) is 0 Å². The fourth-order valence-corrected chi connectivity index (χ4v) is 3.38. The normalized spacial score (nSPS) is 25.4. The summed E-state index contributed by atoms with van der Waals surface area (Å²) in [5.41, 5.74) is 8.04. The van der Waals surface area contributed by atoms with Crippen molar-refractivity contribution < 1.29 is 0 Å². The molecular formula is C14H21BrN2. The topological polar surface area (TPSA) is 29.3 Å². The Balaban J connectivity index is 2.13. The number of rotatable bonds is 3. The molecule has 0 saturated carbocycles. The molecule has 1 aliphatic heterocycles. The maximum Gasteiger partial charge on any atom is 0.0328 e. The molecule has 2 nitrogen and oxygen atoms in total. The number of nitrogens with zero attached hydrogens (tertiary/aromatic N) is 1. The summed E-state index contributed by atoms with van der Waals surface area (Å²) in [6.07, 6.45) is 3.90. The van der Waals surface area contributed by atoms with Gasteiger partial charge in [-0.2, -0.15) is 0 Å². The Morgan fingerprint density at radius 2 is 2.12 bits per heavy atom. The molecule has 0 bridgehead atoms. The number of nitrogens with two attached hydrogens (primary N) is 1. The minimum Gasteiger partial charge on any atom is -0.399 e. The van der Waals surface area contributed by atoms with Gasteiger partial charge in [-0.25, -0.2) is 0 Å². The van der Waals surface area contributed by atoms with Crippen molar-refractivity contribution in [3.05, 3.63) is 28.2 Å². The van der Waals surface area contributed by atoms with E-state index in [1.54, 1.807) is 0 Å². The molecule has 2 atom stereocenters. The van der Waals surface area contributed by atoms with E-state index in [-0.39, 0.29) is 0 Å². The molecule has 0 aliphatic carbocycles. The van der Waals surface area contributed by atoms with Crippen molar-refractivity contribution in [1.82, 2.24) is 4.90 Å². The van der Waals surface area contributed by atoms with Gasteiger partial charge < -0.3 is 5.73 Å². The first-order chi connectivity index (χ1) is 8.10. The third-order valence-corrected chi connectivity index (χ3v) is 4.23. The Hall–Kier alpha value is -0.540. The molecule has 1 fully saturated rings. The number of anilines is 1. The van der Waals surface area contributed by atoms with E-state index in [9.17, 15) is 0 Å². The third kappa shape index (κ3) is 3.02. The molecule has 2 N–H and O–H groups in total. The van der Waals surface area contributed by atoms with Crippen molar-refractivity contribution in [2.75, 3.05) is 5.73 Å². The minimum atomic E-state index is 0.695. The van der Waals surface area contributed by atoms with E-state index < -0.39 is 0 Å². The predicted molar refractivity (Wildman–Crippen MR) is 76.9 cm³/mol. The van der Waals surface area contributed by atoms with E-state index in [1.807, 2.05) is 6.07 Å². The summed E-state index contributed by atoms with van der Waals surface area (Å²) < 4.78 is 1.08. The van der Waals surface area contributed by atoms with E-state index in [1.165, 1.54) is 24.8 Å². The van der Waals surface area contributed by atoms with Crippen molar-refractivity contribution in [1.29, 1.82) is 0 Å². The lowest BCUT2D eigenvalue weighted by molar-refractivity contribution is 0.189. The first-order valence-electron chi connectivity index (χ1n) is 6.41. The highest BCUT2D eigenvalue weighted by molar-refractivity contribution is 9.10. The number of likely N-dealkylation sites (tertiary alicyclic amines) is 1. The summed E-state index contributed by atoms with van der Waals surface area (Å²) in [5, 5.41) is 0. The van der Waals surface area contributed by atoms with E-state index in [2.05, 4.69) is 46.8 Å². The van der Waals surface area contributed by atoms with Crippen LogP contribution < -0.4 is 5.73 Å². The Bertz CT molecular complexity index is 372. The van der Waals surface area contributed by atoms with Crippen LogP contribution >= 0.6 is 15.9 Å². The molecule has 2 rings (SSSR count). The molecule has 1 aliphatic rings. The van der Waals surface area contributed by atoms with Crippen LogP contribution in [0, 0.1) is 0 Å². The molecule has 0 radical (unpaired) electrons. The van der Waals surface area contributed by atoms with Crippen LogP contribution in [-0.2, 0) is 6.54 Å². The van der Waals surface area contributed by atoms with Crippen molar-refractivity contribution in [2.24, 2.45) is 0 Å². The molecule has 1 aromatic rings. The zero-order valence-corrected chi connectivity index (χ0v) is 12.2. The maximum atomic E-state index is 5.89. The molecule has 2 unspecified atom stereocenters. The Morgan fingerprint density at radius 3 is 2.76 bits per heavy atom. The lowest BCUT2D eigenvalue weighted by Crippen LogP contribution is -2.33. The molecule has 17 heavy (non-hydrogen) atoms. The van der Waals surface area contributed by atoms with E-state index >= 15 is 0 Å². The molecule has 1 aromatic carbocycles. The zero-order valence-electron chi connectivity index (χ0n) is 10.6. The first kappa shape index (κ1) is 12.9. The van der Waals surface area contributed by atoms with Gasteiger partial charge in [0, 0.05) is 28.8 Å². The van der Waals surface area contributed by atoms with Gasteiger partial charge in [-0.1, -0.05) is 22.9 Å². The Morgan fingerprint density at radius 1 is 1.35 bits per heavy atom. The maximum absolute atomic E-state index is 5.89. The standard InChI is InChI=1S/C14H21BrN2/c1-3-14-5-4-10(2)17(14)9-11-6-12(15)8-13(16)7-11/h6-8,10,14H,3-5,9,16H2,1-2H3. The number of halogens is 1. The molecule has 1 heterocycles. The van der Waals surface area contributed by atoms with Crippen molar-refractivity contribution >= 4 is 21.6 Å². The number of hydrogen-bond acceptors (Lipinski definition) is 2. The zero-order chi connectivity index (χ0) is 12.4. The lowest BCUT2D eigenvalue weighted by Gasteiger charge is -2.27. The van der Waals surface area contributed by atoms with Crippen molar-refractivity contribution in [3.63, 3.8) is 0 Å². The predicted octanol–water partition coefficient (Wildman–Crippen LogP) is 3.79. The van der Waals surface area contributed by atoms with Crippen molar-refractivity contribution in [2.45, 2.75) is 51.7 Å². The summed E-state index contributed by atoms with van der Waals surface area (Å²) >= 11 is 3.51. The van der Waals surface area contributed by atoms with Crippen LogP contribution in [0.4, 0.5) is 5.69 Å². The fourth-order valence-electron chi connectivity index (χ4n) is 2.83. The SMILES string of the molecule is CCC1CCC(C)N1Cc1cc(N)cc(Br)c1. The van der Waals surface area contributed by atoms with E-state index in [0.29, 0.717) is 6.04 Å². The Kier molecular flexibility index (Phi) is 4.10. The monoisotopic (exact) mass is 296 g/mol. The minimum absolute atomic E-state index is 0.695. The van der Waals surface area contributed by atoms with Gasteiger partial charge in [0.25, 0.3) is 0 Å². The first-order valence-corrected chi connectivity index (χ1v) is 7.20. The molecule has 94 valence electrons. The molecule has 3 heteroatoms. The highest BCUT2D eigenvalue weighted by Gasteiger charge is 2.28. The fraction of sp³-hybridized carbons (Fsp3) is 0.571. The summed E-state index contributed by atoms with van der Waals surface area (Å²) in [4.78, 5) is 2.61. The number of hydrogen-bond donors (Lipinski definition) is 1. The average molecular weight is 297 g/mol.